The van der Waals surface area contributed by atoms with Crippen LogP contribution >= 0.6 is 0 Å². The van der Waals surface area contributed by atoms with E-state index in [1.165, 1.54) is 24.1 Å². The summed E-state index contributed by atoms with van der Waals surface area (Å²) < 4.78 is 0. The zero-order valence-electron chi connectivity index (χ0n) is 14.6. The van der Waals surface area contributed by atoms with Crippen molar-refractivity contribution in [1.29, 1.82) is 0 Å². The van der Waals surface area contributed by atoms with E-state index >= 15 is 0 Å². The Morgan fingerprint density at radius 3 is 2.46 bits per heavy atom. The van der Waals surface area contributed by atoms with Crippen molar-refractivity contribution in [3.63, 3.8) is 0 Å². The molecule has 4 nitrogen and oxygen atoms in total. The minimum atomic E-state index is -0.209. The minimum absolute atomic E-state index is 0.209. The van der Waals surface area contributed by atoms with Crippen LogP contribution in [0.1, 0.15) is 50.5 Å². The Labute approximate surface area is 144 Å². The van der Waals surface area contributed by atoms with E-state index < -0.39 is 0 Å². The van der Waals surface area contributed by atoms with Crippen molar-refractivity contribution in [3.05, 3.63) is 23.8 Å². The second-order valence-electron chi connectivity index (χ2n) is 7.88. The number of anilines is 2. The summed E-state index contributed by atoms with van der Waals surface area (Å²) in [7, 11) is 0. The monoisotopic (exact) mass is 328 g/mol. The van der Waals surface area contributed by atoms with Gasteiger partial charge in [0.25, 0.3) is 0 Å². The highest BCUT2D eigenvalue weighted by molar-refractivity contribution is 6.00. The van der Waals surface area contributed by atoms with Crippen molar-refractivity contribution in [1.82, 2.24) is 0 Å². The van der Waals surface area contributed by atoms with Gasteiger partial charge in [-0.25, -0.2) is 0 Å². The molecule has 24 heavy (non-hydrogen) atoms. The molecule has 0 bridgehead atoms. The standard InChI is InChI=1S/C20H28N2O2/c1-15-14-16(21-11-2-3-12-21)4-5-18(15)22-13-10-20(19(22)24)8-6-17(23)7-9-20/h4-5,14,17,23H,2-3,6-13H2,1H3. The number of rotatable bonds is 2. The van der Waals surface area contributed by atoms with Gasteiger partial charge in [0, 0.05) is 31.0 Å². The second kappa shape index (κ2) is 6.07. The first kappa shape index (κ1) is 15.9. The third kappa shape index (κ3) is 2.61. The lowest BCUT2D eigenvalue weighted by Crippen LogP contribution is -2.38. The molecule has 0 radical (unpaired) electrons. The van der Waals surface area contributed by atoms with Gasteiger partial charge in [0.05, 0.1) is 11.5 Å². The lowest BCUT2D eigenvalue weighted by Gasteiger charge is -2.34. The summed E-state index contributed by atoms with van der Waals surface area (Å²) in [6.07, 6.45) is 6.51. The molecule has 3 aliphatic rings. The molecule has 1 aliphatic carbocycles. The fraction of sp³-hybridized carbons (Fsp3) is 0.650. The minimum Gasteiger partial charge on any atom is -0.393 e. The summed E-state index contributed by atoms with van der Waals surface area (Å²) in [6, 6.07) is 6.55. The van der Waals surface area contributed by atoms with E-state index in [9.17, 15) is 9.90 Å². The molecule has 1 spiro atoms. The molecule has 0 unspecified atom stereocenters. The molecule has 1 N–H and O–H groups in total. The van der Waals surface area contributed by atoms with E-state index in [-0.39, 0.29) is 17.4 Å². The molecule has 1 saturated carbocycles. The van der Waals surface area contributed by atoms with Gasteiger partial charge < -0.3 is 14.9 Å². The molecule has 130 valence electrons. The van der Waals surface area contributed by atoms with E-state index in [1.807, 2.05) is 4.90 Å². The van der Waals surface area contributed by atoms with Crippen LogP contribution in [0.5, 0.6) is 0 Å². The summed E-state index contributed by atoms with van der Waals surface area (Å²) in [6.45, 7) is 5.23. The van der Waals surface area contributed by atoms with Crippen LogP contribution in [0.4, 0.5) is 11.4 Å². The summed E-state index contributed by atoms with van der Waals surface area (Å²) in [5, 5.41) is 9.77. The summed E-state index contributed by atoms with van der Waals surface area (Å²) in [5.74, 6) is 0.284. The molecule has 2 aliphatic heterocycles. The molecule has 0 aromatic heterocycles. The molecular weight excluding hydrogens is 300 g/mol. The SMILES string of the molecule is Cc1cc(N2CCCC2)ccc1N1CCC2(CCC(O)CC2)C1=O. The number of benzene rings is 1. The average Bonchev–Trinajstić information content (AvgIpc) is 3.21. The Kier molecular flexibility index (Phi) is 4.03. The van der Waals surface area contributed by atoms with E-state index in [1.54, 1.807) is 0 Å². The Balaban J connectivity index is 1.55. The van der Waals surface area contributed by atoms with Gasteiger partial charge in [-0.2, -0.15) is 0 Å². The van der Waals surface area contributed by atoms with Gasteiger partial charge in [-0.15, -0.1) is 0 Å². The van der Waals surface area contributed by atoms with Gasteiger partial charge in [-0.1, -0.05) is 0 Å². The summed E-state index contributed by atoms with van der Waals surface area (Å²) >= 11 is 0. The second-order valence-corrected chi connectivity index (χ2v) is 7.88. The fourth-order valence-corrected chi connectivity index (χ4v) is 4.78. The fourth-order valence-electron chi connectivity index (χ4n) is 4.78. The van der Waals surface area contributed by atoms with Crippen LogP contribution in [0, 0.1) is 12.3 Å². The number of hydrogen-bond acceptors (Lipinski definition) is 3. The first-order valence-electron chi connectivity index (χ1n) is 9.45. The zero-order chi connectivity index (χ0) is 16.7. The quantitative estimate of drug-likeness (QED) is 0.906. The molecule has 1 aromatic carbocycles. The van der Waals surface area contributed by atoms with E-state index in [2.05, 4.69) is 30.0 Å². The molecule has 1 amide bonds. The molecule has 3 fully saturated rings. The highest BCUT2D eigenvalue weighted by atomic mass is 16.3. The number of aliphatic hydroxyl groups is 1. The van der Waals surface area contributed by atoms with Gasteiger partial charge in [-0.05, 0) is 75.6 Å². The number of hydrogen-bond donors (Lipinski definition) is 1. The number of nitrogens with zero attached hydrogens (tertiary/aromatic N) is 2. The lowest BCUT2D eigenvalue weighted by atomic mass is 9.72. The van der Waals surface area contributed by atoms with Gasteiger partial charge in [0.15, 0.2) is 0 Å². The van der Waals surface area contributed by atoms with E-state index in [4.69, 9.17) is 0 Å². The van der Waals surface area contributed by atoms with E-state index in [0.717, 1.165) is 57.4 Å². The molecular formula is C20H28N2O2. The van der Waals surface area contributed by atoms with Crippen LogP contribution in [-0.2, 0) is 4.79 Å². The van der Waals surface area contributed by atoms with Crippen molar-refractivity contribution >= 4 is 17.3 Å². The van der Waals surface area contributed by atoms with Crippen molar-refractivity contribution in [2.75, 3.05) is 29.4 Å². The van der Waals surface area contributed by atoms with Gasteiger partial charge >= 0.3 is 0 Å². The molecule has 2 saturated heterocycles. The maximum atomic E-state index is 13.1. The van der Waals surface area contributed by atoms with Gasteiger partial charge in [0.1, 0.15) is 0 Å². The smallest absolute Gasteiger partial charge is 0.233 e. The zero-order valence-corrected chi connectivity index (χ0v) is 14.6. The molecule has 1 aromatic rings. The molecule has 4 heteroatoms. The first-order chi connectivity index (χ1) is 11.6. The Bertz CT molecular complexity index is 629. The molecule has 2 heterocycles. The first-order valence-corrected chi connectivity index (χ1v) is 9.45. The largest absolute Gasteiger partial charge is 0.393 e. The predicted octanol–water partition coefficient (Wildman–Crippen LogP) is 3.25. The highest BCUT2D eigenvalue weighted by Gasteiger charge is 2.48. The maximum Gasteiger partial charge on any atom is 0.233 e. The van der Waals surface area contributed by atoms with Crippen molar-refractivity contribution in [3.8, 4) is 0 Å². The van der Waals surface area contributed by atoms with E-state index in [0.29, 0.717) is 0 Å². The summed E-state index contributed by atoms with van der Waals surface area (Å²) in [5.41, 5.74) is 3.35. The van der Waals surface area contributed by atoms with Gasteiger partial charge in [0.2, 0.25) is 5.91 Å². The third-order valence-electron chi connectivity index (χ3n) is 6.37. The van der Waals surface area contributed by atoms with Crippen molar-refractivity contribution < 1.29 is 9.90 Å². The van der Waals surface area contributed by atoms with Crippen LogP contribution in [0.2, 0.25) is 0 Å². The Morgan fingerprint density at radius 1 is 1.08 bits per heavy atom. The lowest BCUT2D eigenvalue weighted by molar-refractivity contribution is -0.128. The van der Waals surface area contributed by atoms with Crippen LogP contribution in [0.25, 0.3) is 0 Å². The van der Waals surface area contributed by atoms with Crippen molar-refractivity contribution in [2.45, 2.75) is 58.0 Å². The van der Waals surface area contributed by atoms with Gasteiger partial charge in [-0.3, -0.25) is 4.79 Å². The Hall–Kier alpha value is -1.55. The number of aliphatic hydroxyl groups excluding tert-OH is 1. The van der Waals surface area contributed by atoms with Crippen LogP contribution < -0.4 is 9.80 Å². The maximum absolute atomic E-state index is 13.1. The van der Waals surface area contributed by atoms with Crippen molar-refractivity contribution in [2.24, 2.45) is 5.41 Å². The number of amides is 1. The number of carbonyl (C=O) groups is 1. The summed E-state index contributed by atoms with van der Waals surface area (Å²) in [4.78, 5) is 17.6. The molecule has 4 rings (SSSR count). The highest BCUT2D eigenvalue weighted by Crippen LogP contribution is 2.46. The third-order valence-corrected chi connectivity index (χ3v) is 6.37. The normalized spacial score (nSPS) is 30.6. The predicted molar refractivity (Wildman–Crippen MR) is 96.5 cm³/mol. The number of aryl methyl sites for hydroxylation is 1. The number of carbonyl (C=O) groups excluding carboxylic acids is 1. The molecule has 0 atom stereocenters. The topological polar surface area (TPSA) is 43.8 Å². The van der Waals surface area contributed by atoms with Crippen LogP contribution in [0.15, 0.2) is 18.2 Å². The van der Waals surface area contributed by atoms with Crippen LogP contribution in [0.3, 0.4) is 0 Å². The van der Waals surface area contributed by atoms with Crippen LogP contribution in [-0.4, -0.2) is 36.8 Å². The Morgan fingerprint density at radius 2 is 1.79 bits per heavy atom. The average molecular weight is 328 g/mol.